The van der Waals surface area contributed by atoms with Gasteiger partial charge in [-0.25, -0.2) is 13.1 Å². The number of likely N-dealkylation sites (tertiary alicyclic amines) is 1. The van der Waals surface area contributed by atoms with Gasteiger partial charge in [-0.2, -0.15) is 0 Å². The molecule has 2 rings (SSSR count). The fraction of sp³-hybridized carbons (Fsp3) is 0.538. The minimum absolute atomic E-state index is 0.0398. The quantitative estimate of drug-likeness (QED) is 0.801. The molecule has 0 aromatic heterocycles. The van der Waals surface area contributed by atoms with Crippen molar-refractivity contribution >= 4 is 31.6 Å². The zero-order chi connectivity index (χ0) is 14.8. The summed E-state index contributed by atoms with van der Waals surface area (Å²) in [5, 5.41) is 0. The lowest BCUT2D eigenvalue weighted by Gasteiger charge is -2.32. The van der Waals surface area contributed by atoms with Crippen LogP contribution in [-0.4, -0.2) is 39.0 Å². The second-order valence-corrected chi connectivity index (χ2v) is 7.58. The molecular formula is C13H20BrN3O2S. The zero-order valence-electron chi connectivity index (χ0n) is 11.5. The van der Waals surface area contributed by atoms with E-state index < -0.39 is 10.0 Å². The van der Waals surface area contributed by atoms with Gasteiger partial charge in [0.05, 0.1) is 4.90 Å². The molecule has 1 unspecified atom stereocenters. The maximum Gasteiger partial charge on any atom is 0.242 e. The predicted molar refractivity (Wildman–Crippen MR) is 84.0 cm³/mol. The Hall–Kier alpha value is -0.630. The summed E-state index contributed by atoms with van der Waals surface area (Å²) in [5.41, 5.74) is 6.12. The molecule has 0 radical (unpaired) electrons. The topological polar surface area (TPSA) is 75.4 Å². The number of sulfonamides is 1. The number of nitrogens with zero attached hydrogens (tertiary/aromatic N) is 1. The SMILES string of the molecule is CCN1CCCC(NS(=O)(=O)c2cc(N)ccc2Br)C1. The largest absolute Gasteiger partial charge is 0.399 e. The molecule has 1 aromatic rings. The van der Waals surface area contributed by atoms with Gasteiger partial charge in [-0.3, -0.25) is 0 Å². The number of nitrogens with one attached hydrogen (secondary N) is 1. The molecule has 20 heavy (non-hydrogen) atoms. The van der Waals surface area contributed by atoms with Gasteiger partial charge in [0.2, 0.25) is 10.0 Å². The summed E-state index contributed by atoms with van der Waals surface area (Å²) in [6, 6.07) is 4.76. The summed E-state index contributed by atoms with van der Waals surface area (Å²) >= 11 is 3.27. The van der Waals surface area contributed by atoms with Crippen molar-refractivity contribution in [2.45, 2.75) is 30.7 Å². The van der Waals surface area contributed by atoms with E-state index in [1.165, 1.54) is 6.07 Å². The Bertz CT molecular complexity index is 577. The average Bonchev–Trinajstić information content (AvgIpc) is 2.41. The molecule has 0 amide bonds. The van der Waals surface area contributed by atoms with Crippen molar-refractivity contribution < 1.29 is 8.42 Å². The third-order valence-electron chi connectivity index (χ3n) is 3.52. The van der Waals surface area contributed by atoms with Gasteiger partial charge >= 0.3 is 0 Å². The van der Waals surface area contributed by atoms with E-state index in [9.17, 15) is 8.42 Å². The van der Waals surface area contributed by atoms with Crippen molar-refractivity contribution in [1.29, 1.82) is 0 Å². The Labute approximate surface area is 128 Å². The van der Waals surface area contributed by atoms with Crippen LogP contribution in [0.25, 0.3) is 0 Å². The predicted octanol–water partition coefficient (Wildman–Crippen LogP) is 1.79. The van der Waals surface area contributed by atoms with E-state index in [0.717, 1.165) is 32.5 Å². The van der Waals surface area contributed by atoms with E-state index in [2.05, 4.69) is 32.5 Å². The van der Waals surface area contributed by atoms with Gasteiger partial charge in [0.1, 0.15) is 0 Å². The molecule has 7 heteroatoms. The van der Waals surface area contributed by atoms with Crippen LogP contribution in [0.2, 0.25) is 0 Å². The summed E-state index contributed by atoms with van der Waals surface area (Å²) in [6.07, 6.45) is 1.88. The van der Waals surface area contributed by atoms with Gasteiger partial charge in [0.15, 0.2) is 0 Å². The lowest BCUT2D eigenvalue weighted by atomic mass is 10.1. The number of anilines is 1. The van der Waals surface area contributed by atoms with Crippen LogP contribution >= 0.6 is 15.9 Å². The molecule has 1 saturated heterocycles. The lowest BCUT2D eigenvalue weighted by Crippen LogP contribution is -2.47. The molecule has 5 nitrogen and oxygen atoms in total. The minimum atomic E-state index is -3.55. The number of benzene rings is 1. The first-order chi connectivity index (χ1) is 9.42. The van der Waals surface area contributed by atoms with E-state index in [0.29, 0.717) is 10.2 Å². The van der Waals surface area contributed by atoms with Crippen LogP contribution in [-0.2, 0) is 10.0 Å². The molecule has 1 heterocycles. The first-order valence-electron chi connectivity index (χ1n) is 6.72. The maximum atomic E-state index is 12.5. The highest BCUT2D eigenvalue weighted by atomic mass is 79.9. The number of piperidine rings is 1. The normalized spacial score (nSPS) is 21.0. The van der Waals surface area contributed by atoms with Gasteiger partial charge in [-0.05, 0) is 60.1 Å². The van der Waals surface area contributed by atoms with Gasteiger partial charge in [0.25, 0.3) is 0 Å². The maximum absolute atomic E-state index is 12.5. The van der Waals surface area contributed by atoms with Gasteiger partial charge in [-0.15, -0.1) is 0 Å². The molecule has 0 bridgehead atoms. The summed E-state index contributed by atoms with van der Waals surface area (Å²) < 4.78 is 28.2. The highest BCUT2D eigenvalue weighted by molar-refractivity contribution is 9.10. The standard InChI is InChI=1S/C13H20BrN3O2S/c1-2-17-7-3-4-11(9-17)16-20(18,19)13-8-10(15)5-6-12(13)14/h5-6,8,11,16H,2-4,7,9,15H2,1H3. The van der Waals surface area contributed by atoms with Gasteiger partial charge in [-0.1, -0.05) is 6.92 Å². The Balaban J connectivity index is 2.16. The summed E-state index contributed by atoms with van der Waals surface area (Å²) in [4.78, 5) is 2.46. The Morgan fingerprint density at radius 1 is 1.50 bits per heavy atom. The Morgan fingerprint density at radius 3 is 2.95 bits per heavy atom. The Kier molecular flexibility index (Phi) is 5.06. The van der Waals surface area contributed by atoms with Crippen molar-refractivity contribution in [3.05, 3.63) is 22.7 Å². The van der Waals surface area contributed by atoms with Crippen molar-refractivity contribution in [2.75, 3.05) is 25.4 Å². The number of nitrogens with two attached hydrogens (primary N) is 1. The van der Waals surface area contributed by atoms with E-state index in [4.69, 9.17) is 5.73 Å². The first kappa shape index (κ1) is 15.8. The molecule has 0 spiro atoms. The fourth-order valence-electron chi connectivity index (χ4n) is 2.45. The summed E-state index contributed by atoms with van der Waals surface area (Å²) in [6.45, 7) is 4.83. The molecule has 1 aromatic carbocycles. The van der Waals surface area contributed by atoms with Crippen molar-refractivity contribution in [2.24, 2.45) is 0 Å². The second-order valence-electron chi connectivity index (χ2n) is 5.04. The van der Waals surface area contributed by atoms with Crippen LogP contribution in [0.3, 0.4) is 0 Å². The highest BCUT2D eigenvalue weighted by Crippen LogP contribution is 2.25. The van der Waals surface area contributed by atoms with Crippen molar-refractivity contribution in [3.8, 4) is 0 Å². The molecule has 0 saturated carbocycles. The number of likely N-dealkylation sites (N-methyl/N-ethyl adjacent to an activating group) is 1. The zero-order valence-corrected chi connectivity index (χ0v) is 13.9. The monoisotopic (exact) mass is 361 g/mol. The summed E-state index contributed by atoms with van der Waals surface area (Å²) in [5.74, 6) is 0. The number of hydrogen-bond acceptors (Lipinski definition) is 4. The lowest BCUT2D eigenvalue weighted by molar-refractivity contribution is 0.211. The van der Waals surface area contributed by atoms with E-state index in [1.807, 2.05) is 0 Å². The second kappa shape index (κ2) is 6.43. The van der Waals surface area contributed by atoms with Crippen LogP contribution in [0.4, 0.5) is 5.69 Å². The fourth-order valence-corrected chi connectivity index (χ4v) is 4.71. The van der Waals surface area contributed by atoms with Crippen molar-refractivity contribution in [3.63, 3.8) is 0 Å². The molecule has 1 fully saturated rings. The number of halogens is 1. The molecule has 1 aliphatic rings. The van der Waals surface area contributed by atoms with Crippen LogP contribution in [0.1, 0.15) is 19.8 Å². The molecule has 112 valence electrons. The van der Waals surface area contributed by atoms with E-state index in [1.54, 1.807) is 12.1 Å². The molecular weight excluding hydrogens is 342 g/mol. The third kappa shape index (κ3) is 3.72. The third-order valence-corrected chi connectivity index (χ3v) is 6.03. The van der Waals surface area contributed by atoms with Gasteiger partial charge < -0.3 is 10.6 Å². The molecule has 0 aliphatic carbocycles. The number of nitrogen functional groups attached to an aromatic ring is 1. The molecule has 1 atom stereocenters. The smallest absolute Gasteiger partial charge is 0.242 e. The Morgan fingerprint density at radius 2 is 2.25 bits per heavy atom. The average molecular weight is 362 g/mol. The van der Waals surface area contributed by atoms with Crippen LogP contribution in [0, 0.1) is 0 Å². The van der Waals surface area contributed by atoms with E-state index >= 15 is 0 Å². The highest BCUT2D eigenvalue weighted by Gasteiger charge is 2.26. The van der Waals surface area contributed by atoms with Crippen LogP contribution < -0.4 is 10.5 Å². The first-order valence-corrected chi connectivity index (χ1v) is 8.99. The minimum Gasteiger partial charge on any atom is -0.399 e. The molecule has 3 N–H and O–H groups in total. The van der Waals surface area contributed by atoms with Gasteiger partial charge in [0, 0.05) is 22.7 Å². The van der Waals surface area contributed by atoms with Crippen LogP contribution in [0.15, 0.2) is 27.6 Å². The molecule has 1 aliphatic heterocycles. The summed E-state index contributed by atoms with van der Waals surface area (Å²) in [7, 11) is -3.55. The van der Waals surface area contributed by atoms with E-state index in [-0.39, 0.29) is 10.9 Å². The van der Waals surface area contributed by atoms with Crippen LogP contribution in [0.5, 0.6) is 0 Å². The van der Waals surface area contributed by atoms with Crippen molar-refractivity contribution in [1.82, 2.24) is 9.62 Å². The number of hydrogen-bond donors (Lipinski definition) is 2. The number of rotatable bonds is 4.